The summed E-state index contributed by atoms with van der Waals surface area (Å²) in [4.78, 5) is 4.21. The van der Waals surface area contributed by atoms with Crippen LogP contribution >= 0.6 is 0 Å². The van der Waals surface area contributed by atoms with E-state index in [1.807, 2.05) is 13.8 Å². The van der Waals surface area contributed by atoms with Crippen molar-refractivity contribution >= 4 is 5.84 Å². The first kappa shape index (κ1) is 8.66. The number of nitrogens with zero attached hydrogens (tertiary/aromatic N) is 1. The Morgan fingerprint density at radius 3 is 1.89 bits per heavy atom. The van der Waals surface area contributed by atoms with E-state index in [0.29, 0.717) is 0 Å². The molecule has 0 aromatic carbocycles. The molecule has 1 heterocycles. The first-order chi connectivity index (χ1) is 3.70. The van der Waals surface area contributed by atoms with Crippen LogP contribution in [-0.2, 0) is 0 Å². The summed E-state index contributed by atoms with van der Waals surface area (Å²) in [5, 5.41) is 2.09. The summed E-state index contributed by atoms with van der Waals surface area (Å²) < 4.78 is 0. The van der Waals surface area contributed by atoms with Gasteiger partial charge in [0.2, 0.25) is 5.84 Å². The van der Waals surface area contributed by atoms with Crippen LogP contribution in [0.5, 0.6) is 0 Å². The second-order valence-electron chi connectivity index (χ2n) is 2.17. The number of quaternary nitrogens is 1. The van der Waals surface area contributed by atoms with Gasteiger partial charge in [0.25, 0.3) is 0 Å². The molecule has 0 spiro atoms. The zero-order valence-corrected chi connectivity index (χ0v) is 6.66. The smallest absolute Gasteiger partial charge is 0.201 e. The van der Waals surface area contributed by atoms with Gasteiger partial charge in [0.15, 0.2) is 0 Å². The van der Waals surface area contributed by atoms with Crippen LogP contribution in [0.3, 0.4) is 0 Å². The number of rotatable bonds is 0. The summed E-state index contributed by atoms with van der Waals surface area (Å²) in [5.41, 5.74) is 2.45. The van der Waals surface area contributed by atoms with Crippen LogP contribution in [0.1, 0.15) is 20.8 Å². The van der Waals surface area contributed by atoms with Crippen LogP contribution < -0.4 is 17.7 Å². The van der Waals surface area contributed by atoms with Gasteiger partial charge in [0.05, 0.1) is 5.70 Å². The molecule has 9 heavy (non-hydrogen) atoms. The highest BCUT2D eigenvalue weighted by molar-refractivity contribution is 5.73. The maximum Gasteiger partial charge on any atom is 0.201 e. The van der Waals surface area contributed by atoms with Crippen molar-refractivity contribution in [1.82, 2.24) is 0 Å². The van der Waals surface area contributed by atoms with E-state index in [9.17, 15) is 0 Å². The Balaban J connectivity index is 0.000000640. The maximum atomic E-state index is 4.21. The standard InChI is InChI=1S/C6H10N2.ClH/c1-4-5(2)8-6(3)7-4;/h1-3H3,(H,7,8);1H. The Morgan fingerprint density at radius 2 is 1.78 bits per heavy atom. The van der Waals surface area contributed by atoms with Crippen molar-refractivity contribution < 1.29 is 17.7 Å². The van der Waals surface area contributed by atoms with Gasteiger partial charge < -0.3 is 12.4 Å². The average Bonchev–Trinajstić information content (AvgIpc) is 1.85. The normalized spacial score (nSPS) is 17.4. The van der Waals surface area contributed by atoms with Gasteiger partial charge in [0, 0.05) is 13.8 Å². The summed E-state index contributed by atoms with van der Waals surface area (Å²) >= 11 is 0. The fourth-order valence-electron chi connectivity index (χ4n) is 0.803. The lowest BCUT2D eigenvalue weighted by Gasteiger charge is -1.85. The van der Waals surface area contributed by atoms with Crippen molar-refractivity contribution in [1.29, 1.82) is 0 Å². The number of nitrogens with two attached hydrogens (primary N) is 1. The molecule has 1 rings (SSSR count). The highest BCUT2D eigenvalue weighted by atomic mass is 35.5. The first-order valence-electron chi connectivity index (χ1n) is 2.77. The molecule has 0 radical (unpaired) electrons. The third kappa shape index (κ3) is 1.80. The predicted molar refractivity (Wildman–Crippen MR) is 33.4 cm³/mol. The molecular weight excluding hydrogens is 136 g/mol. The summed E-state index contributed by atoms with van der Waals surface area (Å²) in [6, 6.07) is 0. The van der Waals surface area contributed by atoms with E-state index in [0.717, 1.165) is 11.5 Å². The predicted octanol–water partition coefficient (Wildman–Crippen LogP) is -2.76. The number of aliphatic imine (C=N–C) groups is 1. The van der Waals surface area contributed by atoms with Gasteiger partial charge in [-0.1, -0.05) is 0 Å². The quantitative estimate of drug-likeness (QED) is 0.384. The maximum absolute atomic E-state index is 4.21. The van der Waals surface area contributed by atoms with E-state index in [4.69, 9.17) is 0 Å². The molecule has 0 saturated heterocycles. The molecule has 0 atom stereocenters. The molecule has 0 bridgehead atoms. The third-order valence-electron chi connectivity index (χ3n) is 1.34. The Labute approximate surface area is 61.5 Å². The Bertz CT molecular complexity index is 170. The molecule has 0 saturated carbocycles. The molecule has 0 aliphatic carbocycles. The van der Waals surface area contributed by atoms with Gasteiger partial charge in [-0.3, -0.25) is 5.32 Å². The van der Waals surface area contributed by atoms with Gasteiger partial charge in [-0.15, -0.1) is 0 Å². The van der Waals surface area contributed by atoms with E-state index in [1.165, 1.54) is 5.70 Å². The van der Waals surface area contributed by atoms with Crippen molar-refractivity contribution in [2.24, 2.45) is 4.99 Å². The molecule has 1 aliphatic rings. The van der Waals surface area contributed by atoms with Gasteiger partial charge >= 0.3 is 0 Å². The minimum Gasteiger partial charge on any atom is -1.00 e. The van der Waals surface area contributed by atoms with E-state index in [2.05, 4.69) is 17.2 Å². The molecule has 2 nitrogen and oxygen atoms in total. The van der Waals surface area contributed by atoms with Gasteiger partial charge in [0.1, 0.15) is 5.70 Å². The highest BCUT2D eigenvalue weighted by Crippen LogP contribution is 2.00. The molecule has 3 heteroatoms. The summed E-state index contributed by atoms with van der Waals surface area (Å²) in [6.45, 7) is 6.12. The monoisotopic (exact) mass is 146 g/mol. The molecular formula is C6H11ClN2. The topological polar surface area (TPSA) is 29.0 Å². The van der Waals surface area contributed by atoms with Crippen LogP contribution in [0.25, 0.3) is 0 Å². The number of hydrogen-bond acceptors (Lipinski definition) is 1. The van der Waals surface area contributed by atoms with E-state index < -0.39 is 0 Å². The van der Waals surface area contributed by atoms with Crippen LogP contribution in [-0.4, -0.2) is 5.84 Å². The average molecular weight is 147 g/mol. The van der Waals surface area contributed by atoms with Gasteiger partial charge in [-0.2, -0.15) is 4.99 Å². The van der Waals surface area contributed by atoms with Crippen LogP contribution in [0.4, 0.5) is 0 Å². The molecule has 52 valence electrons. The van der Waals surface area contributed by atoms with Gasteiger partial charge in [-0.05, 0) is 6.92 Å². The zero-order valence-electron chi connectivity index (χ0n) is 5.90. The SMILES string of the molecule is CC1=NC(C)=C(C)[NH2+]1.[Cl-]. The molecule has 0 amide bonds. The molecule has 0 unspecified atom stereocenters. The fraction of sp³-hybridized carbons (Fsp3) is 0.500. The molecule has 0 fully saturated rings. The van der Waals surface area contributed by atoms with Crippen molar-refractivity contribution in [2.75, 3.05) is 0 Å². The zero-order chi connectivity index (χ0) is 6.15. The van der Waals surface area contributed by atoms with E-state index in [1.54, 1.807) is 0 Å². The Hall–Kier alpha value is -0.340. The van der Waals surface area contributed by atoms with Crippen molar-refractivity contribution in [3.8, 4) is 0 Å². The van der Waals surface area contributed by atoms with Crippen LogP contribution in [0, 0.1) is 0 Å². The highest BCUT2D eigenvalue weighted by Gasteiger charge is 2.09. The molecule has 1 aliphatic heterocycles. The summed E-state index contributed by atoms with van der Waals surface area (Å²) in [6.07, 6.45) is 0. The number of amidine groups is 1. The van der Waals surface area contributed by atoms with E-state index >= 15 is 0 Å². The third-order valence-corrected chi connectivity index (χ3v) is 1.34. The second kappa shape index (κ2) is 2.99. The van der Waals surface area contributed by atoms with Crippen LogP contribution in [0.15, 0.2) is 16.4 Å². The van der Waals surface area contributed by atoms with Crippen molar-refractivity contribution in [3.63, 3.8) is 0 Å². The van der Waals surface area contributed by atoms with Crippen molar-refractivity contribution in [3.05, 3.63) is 11.4 Å². The molecule has 0 aromatic heterocycles. The lowest BCUT2D eigenvalue weighted by molar-refractivity contribution is -0.480. The fourth-order valence-corrected chi connectivity index (χ4v) is 0.803. The number of halogens is 1. The van der Waals surface area contributed by atoms with Gasteiger partial charge in [-0.25, -0.2) is 0 Å². The molecule has 0 aromatic rings. The molecule has 2 N–H and O–H groups in total. The lowest BCUT2D eigenvalue weighted by Crippen LogP contribution is -3.00. The Kier molecular flexibility index (Phi) is 2.88. The number of hydrogen-bond donors (Lipinski definition) is 1. The largest absolute Gasteiger partial charge is 1.00 e. The summed E-state index contributed by atoms with van der Waals surface area (Å²) in [7, 11) is 0. The lowest BCUT2D eigenvalue weighted by atomic mass is 10.4. The number of allylic oxidation sites excluding steroid dienone is 2. The second-order valence-corrected chi connectivity index (χ2v) is 2.17. The minimum absolute atomic E-state index is 0. The van der Waals surface area contributed by atoms with Crippen molar-refractivity contribution in [2.45, 2.75) is 20.8 Å². The summed E-state index contributed by atoms with van der Waals surface area (Å²) in [5.74, 6) is 1.13. The van der Waals surface area contributed by atoms with Crippen LogP contribution in [0.2, 0.25) is 0 Å². The Morgan fingerprint density at radius 1 is 1.22 bits per heavy atom. The first-order valence-corrected chi connectivity index (χ1v) is 2.77. The minimum atomic E-state index is 0. The van der Waals surface area contributed by atoms with E-state index in [-0.39, 0.29) is 12.4 Å².